The SMILES string of the molecule is COc1cc(F)ccc1Nc1cccc(OCCc2ccccn2)c1. The first-order chi connectivity index (χ1) is 12.2. The van der Waals surface area contributed by atoms with Crippen LogP contribution in [0.15, 0.2) is 66.9 Å². The monoisotopic (exact) mass is 338 g/mol. The van der Waals surface area contributed by atoms with Gasteiger partial charge in [-0.25, -0.2) is 4.39 Å². The molecule has 0 saturated carbocycles. The molecule has 0 atom stereocenters. The van der Waals surface area contributed by atoms with Crippen molar-refractivity contribution < 1.29 is 13.9 Å². The Bertz CT molecular complexity index is 825. The summed E-state index contributed by atoms with van der Waals surface area (Å²) >= 11 is 0. The van der Waals surface area contributed by atoms with Gasteiger partial charge in [-0.1, -0.05) is 12.1 Å². The number of aromatic nitrogens is 1. The summed E-state index contributed by atoms with van der Waals surface area (Å²) in [5.74, 6) is 0.859. The number of pyridine rings is 1. The summed E-state index contributed by atoms with van der Waals surface area (Å²) in [5.41, 5.74) is 2.52. The average molecular weight is 338 g/mol. The van der Waals surface area contributed by atoms with Crippen molar-refractivity contribution in [2.45, 2.75) is 6.42 Å². The third-order valence-corrected chi connectivity index (χ3v) is 3.63. The zero-order chi connectivity index (χ0) is 17.5. The zero-order valence-corrected chi connectivity index (χ0v) is 13.9. The Morgan fingerprint density at radius 2 is 1.96 bits per heavy atom. The van der Waals surface area contributed by atoms with E-state index in [0.717, 1.165) is 23.6 Å². The maximum Gasteiger partial charge on any atom is 0.145 e. The molecule has 3 aromatic rings. The second kappa shape index (κ2) is 8.15. The van der Waals surface area contributed by atoms with Crippen LogP contribution in [0.3, 0.4) is 0 Å². The van der Waals surface area contributed by atoms with Gasteiger partial charge in [0.1, 0.15) is 17.3 Å². The highest BCUT2D eigenvalue weighted by Crippen LogP contribution is 2.29. The summed E-state index contributed by atoms with van der Waals surface area (Å²) in [7, 11) is 1.51. The van der Waals surface area contributed by atoms with Crippen LogP contribution in [-0.2, 0) is 6.42 Å². The number of halogens is 1. The van der Waals surface area contributed by atoms with Crippen LogP contribution >= 0.6 is 0 Å². The van der Waals surface area contributed by atoms with E-state index in [1.54, 1.807) is 12.3 Å². The van der Waals surface area contributed by atoms with Crippen LogP contribution in [0.25, 0.3) is 0 Å². The van der Waals surface area contributed by atoms with Crippen LogP contribution in [0.2, 0.25) is 0 Å². The smallest absolute Gasteiger partial charge is 0.145 e. The third kappa shape index (κ3) is 4.70. The van der Waals surface area contributed by atoms with Gasteiger partial charge in [0.25, 0.3) is 0 Å². The molecule has 1 N–H and O–H groups in total. The number of hydrogen-bond donors (Lipinski definition) is 1. The molecule has 3 rings (SSSR count). The molecule has 128 valence electrons. The van der Waals surface area contributed by atoms with Crippen LogP contribution in [0.4, 0.5) is 15.8 Å². The van der Waals surface area contributed by atoms with Crippen molar-refractivity contribution in [1.29, 1.82) is 0 Å². The van der Waals surface area contributed by atoms with Crippen LogP contribution < -0.4 is 14.8 Å². The number of benzene rings is 2. The number of ether oxygens (including phenoxy) is 2. The lowest BCUT2D eigenvalue weighted by Crippen LogP contribution is -2.03. The molecule has 0 aliphatic carbocycles. The molecule has 1 aromatic heterocycles. The van der Waals surface area contributed by atoms with Gasteiger partial charge in [-0.15, -0.1) is 0 Å². The molecule has 0 radical (unpaired) electrons. The predicted octanol–water partition coefficient (Wildman–Crippen LogP) is 4.59. The van der Waals surface area contributed by atoms with Crippen molar-refractivity contribution in [1.82, 2.24) is 4.98 Å². The largest absolute Gasteiger partial charge is 0.494 e. The molecule has 0 aliphatic heterocycles. The normalized spacial score (nSPS) is 10.3. The maximum atomic E-state index is 13.3. The molecule has 0 unspecified atom stereocenters. The van der Waals surface area contributed by atoms with E-state index in [1.807, 2.05) is 42.5 Å². The fraction of sp³-hybridized carbons (Fsp3) is 0.150. The number of nitrogens with one attached hydrogen (secondary N) is 1. The average Bonchev–Trinajstić information content (AvgIpc) is 2.64. The van der Waals surface area contributed by atoms with Gasteiger partial charge < -0.3 is 14.8 Å². The number of nitrogens with zero attached hydrogens (tertiary/aromatic N) is 1. The van der Waals surface area contributed by atoms with E-state index >= 15 is 0 Å². The predicted molar refractivity (Wildman–Crippen MR) is 96.1 cm³/mol. The molecule has 0 aliphatic rings. The zero-order valence-electron chi connectivity index (χ0n) is 13.9. The first kappa shape index (κ1) is 16.8. The van der Waals surface area contributed by atoms with Crippen molar-refractivity contribution >= 4 is 11.4 Å². The molecule has 1 heterocycles. The second-order valence-corrected chi connectivity index (χ2v) is 5.42. The molecule has 0 spiro atoms. The number of hydrogen-bond acceptors (Lipinski definition) is 4. The third-order valence-electron chi connectivity index (χ3n) is 3.63. The minimum Gasteiger partial charge on any atom is -0.494 e. The summed E-state index contributed by atoms with van der Waals surface area (Å²) < 4.78 is 24.3. The summed E-state index contributed by atoms with van der Waals surface area (Å²) in [6.07, 6.45) is 2.51. The Morgan fingerprint density at radius 1 is 1.04 bits per heavy atom. The topological polar surface area (TPSA) is 43.4 Å². The molecule has 0 bridgehead atoms. The molecule has 4 nitrogen and oxygen atoms in total. The summed E-state index contributed by atoms with van der Waals surface area (Å²) in [4.78, 5) is 4.27. The fourth-order valence-electron chi connectivity index (χ4n) is 2.41. The Hall–Kier alpha value is -3.08. The lowest BCUT2D eigenvalue weighted by atomic mass is 10.2. The molecule has 25 heavy (non-hydrogen) atoms. The van der Waals surface area contributed by atoms with Gasteiger partial charge in [-0.2, -0.15) is 0 Å². The summed E-state index contributed by atoms with van der Waals surface area (Å²) in [6.45, 7) is 0.542. The van der Waals surface area contributed by atoms with Crippen LogP contribution in [0.1, 0.15) is 5.69 Å². The molecule has 2 aromatic carbocycles. The lowest BCUT2D eigenvalue weighted by Gasteiger charge is -2.12. The standard InChI is InChI=1S/C20H19FN2O2/c1-24-20-13-15(21)8-9-19(20)23-17-6-4-7-18(14-17)25-12-10-16-5-2-3-11-22-16/h2-9,11,13-14,23H,10,12H2,1H3. The number of rotatable bonds is 7. The van der Waals surface area contributed by atoms with Crippen LogP contribution in [0, 0.1) is 5.82 Å². The van der Waals surface area contributed by atoms with E-state index in [9.17, 15) is 4.39 Å². The highest BCUT2D eigenvalue weighted by Gasteiger charge is 2.06. The fourth-order valence-corrected chi connectivity index (χ4v) is 2.41. The first-order valence-electron chi connectivity index (χ1n) is 7.98. The molecule has 0 saturated heterocycles. The lowest BCUT2D eigenvalue weighted by molar-refractivity contribution is 0.320. The van der Waals surface area contributed by atoms with Crippen molar-refractivity contribution in [2.75, 3.05) is 19.0 Å². The molecule has 5 heteroatoms. The molecular formula is C20H19FN2O2. The van der Waals surface area contributed by atoms with Crippen LogP contribution in [0.5, 0.6) is 11.5 Å². The maximum absolute atomic E-state index is 13.3. The van der Waals surface area contributed by atoms with Gasteiger partial charge in [0, 0.05) is 36.1 Å². The Morgan fingerprint density at radius 3 is 2.76 bits per heavy atom. The molecular weight excluding hydrogens is 319 g/mol. The summed E-state index contributed by atoms with van der Waals surface area (Å²) in [6, 6.07) is 17.8. The highest BCUT2D eigenvalue weighted by atomic mass is 19.1. The van der Waals surface area contributed by atoms with Crippen molar-refractivity contribution in [3.8, 4) is 11.5 Å². The van der Waals surface area contributed by atoms with E-state index in [-0.39, 0.29) is 5.82 Å². The quantitative estimate of drug-likeness (QED) is 0.684. The minimum absolute atomic E-state index is 0.339. The first-order valence-corrected chi connectivity index (χ1v) is 7.98. The Balaban J connectivity index is 1.63. The van der Waals surface area contributed by atoms with Gasteiger partial charge >= 0.3 is 0 Å². The minimum atomic E-state index is -0.339. The molecule has 0 amide bonds. The van der Waals surface area contributed by atoms with E-state index in [4.69, 9.17) is 9.47 Å². The highest BCUT2D eigenvalue weighted by molar-refractivity contribution is 5.67. The van der Waals surface area contributed by atoms with Gasteiger partial charge in [-0.3, -0.25) is 4.98 Å². The van der Waals surface area contributed by atoms with E-state index < -0.39 is 0 Å². The van der Waals surface area contributed by atoms with Gasteiger partial charge in [0.05, 0.1) is 19.4 Å². The molecule has 0 fully saturated rings. The van der Waals surface area contributed by atoms with Gasteiger partial charge in [0.2, 0.25) is 0 Å². The van der Waals surface area contributed by atoms with Crippen LogP contribution in [-0.4, -0.2) is 18.7 Å². The Kier molecular flexibility index (Phi) is 5.46. The second-order valence-electron chi connectivity index (χ2n) is 5.42. The van der Waals surface area contributed by atoms with E-state index in [2.05, 4.69) is 10.3 Å². The number of methoxy groups -OCH3 is 1. The van der Waals surface area contributed by atoms with Crippen molar-refractivity contribution in [3.05, 3.63) is 78.4 Å². The van der Waals surface area contributed by atoms with Crippen molar-refractivity contribution in [2.24, 2.45) is 0 Å². The van der Waals surface area contributed by atoms with Crippen molar-refractivity contribution in [3.63, 3.8) is 0 Å². The van der Waals surface area contributed by atoms with E-state index in [0.29, 0.717) is 18.0 Å². The van der Waals surface area contributed by atoms with E-state index in [1.165, 1.54) is 19.2 Å². The van der Waals surface area contributed by atoms with Gasteiger partial charge in [-0.05, 0) is 36.4 Å². The van der Waals surface area contributed by atoms with Gasteiger partial charge in [0.15, 0.2) is 0 Å². The summed E-state index contributed by atoms with van der Waals surface area (Å²) in [5, 5.41) is 3.22. The number of anilines is 2. The Labute approximate surface area is 146 Å².